The summed E-state index contributed by atoms with van der Waals surface area (Å²) >= 11 is 0. The van der Waals surface area contributed by atoms with Crippen LogP contribution in [0.25, 0.3) is 0 Å². The topological polar surface area (TPSA) is 17.1 Å². The van der Waals surface area contributed by atoms with Crippen LogP contribution in [0.2, 0.25) is 0 Å². The molecule has 0 radical (unpaired) electrons. The van der Waals surface area contributed by atoms with Gasteiger partial charge in [0.2, 0.25) is 0 Å². The van der Waals surface area contributed by atoms with Gasteiger partial charge in [-0.2, -0.15) is 0 Å². The quantitative estimate of drug-likeness (QED) is 0.345. The normalized spacial score (nSPS) is 9.23. The SMILES string of the molecule is C=CC#CC=CCCCCCC=O. The molecule has 0 aliphatic heterocycles. The summed E-state index contributed by atoms with van der Waals surface area (Å²) in [6, 6.07) is 0. The zero-order valence-corrected chi connectivity index (χ0v) is 7.96. The van der Waals surface area contributed by atoms with E-state index in [-0.39, 0.29) is 0 Å². The third-order valence-corrected chi connectivity index (χ3v) is 1.58. The minimum absolute atomic E-state index is 0.694. The summed E-state index contributed by atoms with van der Waals surface area (Å²) in [6.07, 6.45) is 11.5. The van der Waals surface area contributed by atoms with Gasteiger partial charge < -0.3 is 4.79 Å². The average molecular weight is 176 g/mol. The van der Waals surface area contributed by atoms with Crippen molar-refractivity contribution in [2.45, 2.75) is 32.1 Å². The Bertz CT molecular complexity index is 215. The van der Waals surface area contributed by atoms with Gasteiger partial charge in [-0.15, -0.1) is 0 Å². The summed E-state index contributed by atoms with van der Waals surface area (Å²) in [7, 11) is 0. The molecule has 0 unspecified atom stereocenters. The molecule has 0 spiro atoms. The van der Waals surface area contributed by atoms with Crippen molar-refractivity contribution in [1.29, 1.82) is 0 Å². The van der Waals surface area contributed by atoms with E-state index < -0.39 is 0 Å². The van der Waals surface area contributed by atoms with Crippen molar-refractivity contribution >= 4 is 6.29 Å². The van der Waals surface area contributed by atoms with Crippen LogP contribution in [0.1, 0.15) is 32.1 Å². The van der Waals surface area contributed by atoms with E-state index in [1.165, 1.54) is 0 Å². The smallest absolute Gasteiger partial charge is 0.119 e. The first-order valence-electron chi connectivity index (χ1n) is 4.62. The van der Waals surface area contributed by atoms with Gasteiger partial charge in [0.15, 0.2) is 0 Å². The number of allylic oxidation sites excluding steroid dienone is 3. The van der Waals surface area contributed by atoms with Crippen molar-refractivity contribution < 1.29 is 4.79 Å². The summed E-state index contributed by atoms with van der Waals surface area (Å²) in [6.45, 7) is 3.49. The van der Waals surface area contributed by atoms with Crippen LogP contribution in [-0.4, -0.2) is 6.29 Å². The maximum atomic E-state index is 9.97. The van der Waals surface area contributed by atoms with Gasteiger partial charge in [-0.25, -0.2) is 0 Å². The van der Waals surface area contributed by atoms with Crippen LogP contribution < -0.4 is 0 Å². The van der Waals surface area contributed by atoms with Gasteiger partial charge in [0.05, 0.1) is 0 Å². The minimum Gasteiger partial charge on any atom is -0.303 e. The number of rotatable bonds is 6. The van der Waals surface area contributed by atoms with E-state index in [1.807, 2.05) is 6.08 Å². The van der Waals surface area contributed by atoms with Crippen LogP contribution >= 0.6 is 0 Å². The number of unbranched alkanes of at least 4 members (excludes halogenated alkanes) is 4. The number of aldehydes is 1. The number of hydrogen-bond donors (Lipinski definition) is 0. The first-order chi connectivity index (χ1) is 6.41. The summed E-state index contributed by atoms with van der Waals surface area (Å²) in [5.41, 5.74) is 0. The molecule has 0 aromatic rings. The van der Waals surface area contributed by atoms with Gasteiger partial charge in [0.1, 0.15) is 6.29 Å². The van der Waals surface area contributed by atoms with Crippen LogP contribution in [0.15, 0.2) is 24.8 Å². The molecule has 0 heterocycles. The average Bonchev–Trinajstić information content (AvgIpc) is 2.16. The predicted molar refractivity (Wildman–Crippen MR) is 56.3 cm³/mol. The lowest BCUT2D eigenvalue weighted by molar-refractivity contribution is -0.107. The summed E-state index contributed by atoms with van der Waals surface area (Å²) in [5, 5.41) is 0. The van der Waals surface area contributed by atoms with E-state index in [0.29, 0.717) is 6.42 Å². The van der Waals surface area contributed by atoms with Crippen LogP contribution in [-0.2, 0) is 4.79 Å². The molecule has 0 aliphatic rings. The molecule has 0 fully saturated rings. The zero-order valence-electron chi connectivity index (χ0n) is 7.96. The fourth-order valence-corrected chi connectivity index (χ4v) is 0.916. The van der Waals surface area contributed by atoms with Crippen molar-refractivity contribution in [3.05, 3.63) is 24.8 Å². The summed E-state index contributed by atoms with van der Waals surface area (Å²) in [4.78, 5) is 9.97. The van der Waals surface area contributed by atoms with Crippen LogP contribution in [0, 0.1) is 11.8 Å². The third-order valence-electron chi connectivity index (χ3n) is 1.58. The molecule has 0 aromatic heterocycles. The van der Waals surface area contributed by atoms with E-state index in [9.17, 15) is 4.79 Å². The Morgan fingerprint density at radius 3 is 2.54 bits per heavy atom. The predicted octanol–water partition coefficient (Wildman–Crippen LogP) is 2.88. The van der Waals surface area contributed by atoms with E-state index in [0.717, 1.165) is 32.0 Å². The highest BCUT2D eigenvalue weighted by Gasteiger charge is 1.85. The fourth-order valence-electron chi connectivity index (χ4n) is 0.916. The van der Waals surface area contributed by atoms with E-state index in [1.54, 1.807) is 6.08 Å². The summed E-state index contributed by atoms with van der Waals surface area (Å²) < 4.78 is 0. The molecule has 0 N–H and O–H groups in total. The van der Waals surface area contributed by atoms with Crippen molar-refractivity contribution in [3.63, 3.8) is 0 Å². The number of hydrogen-bond acceptors (Lipinski definition) is 1. The van der Waals surface area contributed by atoms with Gasteiger partial charge in [-0.05, 0) is 31.4 Å². The van der Waals surface area contributed by atoms with Gasteiger partial charge >= 0.3 is 0 Å². The molecule has 70 valence electrons. The third kappa shape index (κ3) is 10.7. The van der Waals surface area contributed by atoms with Crippen molar-refractivity contribution in [3.8, 4) is 11.8 Å². The lowest BCUT2D eigenvalue weighted by Crippen LogP contribution is -1.77. The van der Waals surface area contributed by atoms with Gasteiger partial charge in [0, 0.05) is 6.42 Å². The van der Waals surface area contributed by atoms with Crippen molar-refractivity contribution in [2.75, 3.05) is 0 Å². The van der Waals surface area contributed by atoms with Crippen molar-refractivity contribution in [2.24, 2.45) is 0 Å². The lowest BCUT2D eigenvalue weighted by atomic mass is 10.1. The molecular formula is C12H16O. The Balaban J connectivity index is 3.19. The standard InChI is InChI=1S/C12H16O/c1-2-3-4-5-6-7-8-9-10-11-12-13/h2,5-6,12H,1,7-11H2. The first-order valence-corrected chi connectivity index (χ1v) is 4.62. The highest BCUT2D eigenvalue weighted by molar-refractivity contribution is 5.48. The molecule has 0 saturated carbocycles. The molecule has 1 heteroatoms. The Morgan fingerprint density at radius 1 is 1.08 bits per heavy atom. The largest absolute Gasteiger partial charge is 0.303 e. The Morgan fingerprint density at radius 2 is 1.85 bits per heavy atom. The number of carbonyl (C=O) groups is 1. The summed E-state index contributed by atoms with van der Waals surface area (Å²) in [5.74, 6) is 5.57. The molecule has 13 heavy (non-hydrogen) atoms. The highest BCUT2D eigenvalue weighted by Crippen LogP contribution is 2.01. The van der Waals surface area contributed by atoms with Crippen LogP contribution in [0.5, 0.6) is 0 Å². The lowest BCUT2D eigenvalue weighted by Gasteiger charge is -1.92. The van der Waals surface area contributed by atoms with E-state index >= 15 is 0 Å². The Labute approximate surface area is 80.5 Å². The molecule has 1 nitrogen and oxygen atoms in total. The number of carbonyl (C=O) groups excluding carboxylic acids is 1. The monoisotopic (exact) mass is 176 g/mol. The molecule has 0 aromatic carbocycles. The second-order valence-corrected chi connectivity index (χ2v) is 2.70. The van der Waals surface area contributed by atoms with Gasteiger partial charge in [-0.3, -0.25) is 0 Å². The van der Waals surface area contributed by atoms with Gasteiger partial charge in [-0.1, -0.05) is 30.9 Å². The molecule has 0 saturated heterocycles. The highest BCUT2D eigenvalue weighted by atomic mass is 16.1. The maximum absolute atomic E-state index is 9.97. The molecular weight excluding hydrogens is 160 g/mol. The van der Waals surface area contributed by atoms with E-state index in [2.05, 4.69) is 24.5 Å². The Kier molecular flexibility index (Phi) is 9.65. The maximum Gasteiger partial charge on any atom is 0.119 e. The molecule has 0 atom stereocenters. The van der Waals surface area contributed by atoms with Crippen molar-refractivity contribution in [1.82, 2.24) is 0 Å². The second kappa shape index (κ2) is 10.7. The first kappa shape index (κ1) is 11.7. The molecule has 0 bridgehead atoms. The van der Waals surface area contributed by atoms with Crippen LogP contribution in [0.4, 0.5) is 0 Å². The minimum atomic E-state index is 0.694. The molecule has 0 rings (SSSR count). The van der Waals surface area contributed by atoms with Crippen LogP contribution in [0.3, 0.4) is 0 Å². The second-order valence-electron chi connectivity index (χ2n) is 2.70. The van der Waals surface area contributed by atoms with Gasteiger partial charge in [0.25, 0.3) is 0 Å². The fraction of sp³-hybridized carbons (Fsp3) is 0.417. The molecule has 0 amide bonds. The molecule has 0 aliphatic carbocycles. The zero-order chi connectivity index (χ0) is 9.78. The van der Waals surface area contributed by atoms with E-state index in [4.69, 9.17) is 0 Å². The Hall–Kier alpha value is -1.29.